The molecule has 2 aromatic carbocycles. The van der Waals surface area contributed by atoms with Crippen LogP contribution in [0.4, 0.5) is 4.79 Å². The Balaban J connectivity index is 1.43. The van der Waals surface area contributed by atoms with Crippen molar-refractivity contribution in [3.8, 4) is 11.1 Å². The first kappa shape index (κ1) is 24.7. The number of carbonyl (C=O) groups is 3. The Kier molecular flexibility index (Phi) is 7.70. The highest BCUT2D eigenvalue weighted by atomic mass is 16.5. The molecule has 8 nitrogen and oxygen atoms in total. The fourth-order valence-electron chi connectivity index (χ4n) is 5.17. The molecule has 1 fully saturated rings. The van der Waals surface area contributed by atoms with E-state index in [1.54, 1.807) is 4.90 Å². The van der Waals surface area contributed by atoms with Gasteiger partial charge in [0.05, 0.1) is 6.42 Å². The summed E-state index contributed by atoms with van der Waals surface area (Å²) in [6, 6.07) is 15.1. The third-order valence-electron chi connectivity index (χ3n) is 6.87. The molecule has 2 amide bonds. The van der Waals surface area contributed by atoms with Gasteiger partial charge in [-0.3, -0.25) is 9.59 Å². The van der Waals surface area contributed by atoms with Crippen LogP contribution in [0.15, 0.2) is 48.5 Å². The molecule has 8 heteroatoms. The predicted molar refractivity (Wildman–Crippen MR) is 132 cm³/mol. The molecule has 2 atom stereocenters. The van der Waals surface area contributed by atoms with Gasteiger partial charge in [0, 0.05) is 18.5 Å². The molecular formula is C27H33N3O5. The van der Waals surface area contributed by atoms with Gasteiger partial charge in [-0.2, -0.15) is 0 Å². The Bertz CT molecular complexity index is 1040. The number of carboxylic acids is 1. The van der Waals surface area contributed by atoms with Crippen LogP contribution >= 0.6 is 0 Å². The Morgan fingerprint density at radius 2 is 1.71 bits per heavy atom. The van der Waals surface area contributed by atoms with Crippen LogP contribution in [0.25, 0.3) is 11.1 Å². The van der Waals surface area contributed by atoms with Crippen molar-refractivity contribution in [1.29, 1.82) is 0 Å². The molecule has 1 aliphatic heterocycles. The van der Waals surface area contributed by atoms with Gasteiger partial charge in [0.2, 0.25) is 5.91 Å². The van der Waals surface area contributed by atoms with Crippen molar-refractivity contribution in [2.75, 3.05) is 33.8 Å². The second-order valence-electron chi connectivity index (χ2n) is 9.54. The molecular weight excluding hydrogens is 446 g/mol. The summed E-state index contributed by atoms with van der Waals surface area (Å²) >= 11 is 0. The minimum atomic E-state index is -0.927. The van der Waals surface area contributed by atoms with Crippen LogP contribution < -0.4 is 5.32 Å². The molecule has 35 heavy (non-hydrogen) atoms. The van der Waals surface area contributed by atoms with E-state index >= 15 is 0 Å². The number of aliphatic carboxylic acids is 1. The van der Waals surface area contributed by atoms with E-state index in [1.807, 2.05) is 43.3 Å². The minimum Gasteiger partial charge on any atom is -0.481 e. The number of carbonyl (C=O) groups excluding carboxylic acids is 2. The number of nitrogens with one attached hydrogen (secondary N) is 1. The van der Waals surface area contributed by atoms with Crippen molar-refractivity contribution in [1.82, 2.24) is 15.1 Å². The number of alkyl carbamates (subject to hydrolysis) is 1. The maximum Gasteiger partial charge on any atom is 0.407 e. The minimum absolute atomic E-state index is 0.0670. The van der Waals surface area contributed by atoms with E-state index < -0.39 is 18.1 Å². The SMILES string of the molecule is CN(C)CCC(NC(=O)OCC1c2ccccc2-c2ccccc21)C(=O)N1CCC[C@@H]1CC(=O)O. The zero-order valence-electron chi connectivity index (χ0n) is 20.3. The van der Waals surface area contributed by atoms with Crippen LogP contribution in [0.1, 0.15) is 42.7 Å². The first-order chi connectivity index (χ1) is 16.8. The number of hydrogen-bond acceptors (Lipinski definition) is 5. The van der Waals surface area contributed by atoms with Crippen LogP contribution in [0, 0.1) is 0 Å². The second kappa shape index (κ2) is 10.9. The van der Waals surface area contributed by atoms with E-state index in [4.69, 9.17) is 4.74 Å². The third kappa shape index (κ3) is 5.65. The maximum atomic E-state index is 13.3. The number of hydrogen-bond donors (Lipinski definition) is 2. The van der Waals surface area contributed by atoms with Gasteiger partial charge < -0.3 is 25.0 Å². The first-order valence-corrected chi connectivity index (χ1v) is 12.1. The summed E-state index contributed by atoms with van der Waals surface area (Å²) in [6.45, 7) is 1.26. The number of benzene rings is 2. The number of fused-ring (bicyclic) bond motifs is 3. The molecule has 0 aromatic heterocycles. The van der Waals surface area contributed by atoms with Crippen LogP contribution in [0.2, 0.25) is 0 Å². The van der Waals surface area contributed by atoms with Crippen molar-refractivity contribution in [3.05, 3.63) is 59.7 Å². The molecule has 4 rings (SSSR count). The molecule has 1 unspecified atom stereocenters. The van der Waals surface area contributed by atoms with Crippen molar-refractivity contribution in [2.24, 2.45) is 0 Å². The third-order valence-corrected chi connectivity index (χ3v) is 6.87. The second-order valence-corrected chi connectivity index (χ2v) is 9.54. The van der Waals surface area contributed by atoms with Gasteiger partial charge in [-0.05, 0) is 62.2 Å². The lowest BCUT2D eigenvalue weighted by Crippen LogP contribution is -2.51. The predicted octanol–water partition coefficient (Wildman–Crippen LogP) is 3.31. The van der Waals surface area contributed by atoms with E-state index in [2.05, 4.69) is 29.6 Å². The summed E-state index contributed by atoms with van der Waals surface area (Å²) in [5, 5.41) is 12.0. The van der Waals surface area contributed by atoms with Crippen LogP contribution in [-0.2, 0) is 14.3 Å². The number of nitrogens with zero attached hydrogens (tertiary/aromatic N) is 2. The fraction of sp³-hybridized carbons (Fsp3) is 0.444. The van der Waals surface area contributed by atoms with Crippen molar-refractivity contribution in [2.45, 2.75) is 43.7 Å². The molecule has 2 N–H and O–H groups in total. The van der Waals surface area contributed by atoms with Crippen molar-refractivity contribution >= 4 is 18.0 Å². The molecule has 1 aliphatic carbocycles. The summed E-state index contributed by atoms with van der Waals surface area (Å²) < 4.78 is 5.65. The highest BCUT2D eigenvalue weighted by Gasteiger charge is 2.35. The van der Waals surface area contributed by atoms with Crippen LogP contribution in [0.5, 0.6) is 0 Å². The van der Waals surface area contributed by atoms with Gasteiger partial charge in [-0.15, -0.1) is 0 Å². The molecule has 0 saturated carbocycles. The molecule has 186 valence electrons. The Morgan fingerprint density at radius 3 is 2.31 bits per heavy atom. The number of carboxylic acid groups (broad SMARTS) is 1. The van der Waals surface area contributed by atoms with E-state index in [0.717, 1.165) is 28.7 Å². The van der Waals surface area contributed by atoms with Gasteiger partial charge in [0.25, 0.3) is 0 Å². The molecule has 0 bridgehead atoms. The Hall–Kier alpha value is -3.39. The van der Waals surface area contributed by atoms with Gasteiger partial charge in [-0.25, -0.2) is 4.79 Å². The van der Waals surface area contributed by atoms with E-state index in [-0.39, 0.29) is 30.9 Å². The standard InChI is InChI=1S/C27H33N3O5/c1-29(2)15-13-24(26(33)30-14-7-8-18(30)16-25(31)32)28-27(34)35-17-23-21-11-5-3-9-19(21)20-10-4-6-12-22(20)23/h3-6,9-12,18,23-24H,7-8,13-17H2,1-2H3,(H,28,34)(H,31,32)/t18-,24?/m1/s1. The number of rotatable bonds is 9. The Morgan fingerprint density at radius 1 is 1.09 bits per heavy atom. The summed E-state index contributed by atoms with van der Waals surface area (Å²) in [6.07, 6.45) is 1.10. The normalized spacial score (nSPS) is 17.7. The van der Waals surface area contributed by atoms with Crippen LogP contribution in [-0.4, -0.2) is 78.8 Å². The molecule has 1 saturated heterocycles. The molecule has 0 radical (unpaired) electrons. The summed E-state index contributed by atoms with van der Waals surface area (Å²) in [4.78, 5) is 41.0. The van der Waals surface area contributed by atoms with E-state index in [9.17, 15) is 19.5 Å². The van der Waals surface area contributed by atoms with E-state index in [0.29, 0.717) is 25.9 Å². The monoisotopic (exact) mass is 479 g/mol. The molecule has 2 aliphatic rings. The highest BCUT2D eigenvalue weighted by molar-refractivity contribution is 5.86. The van der Waals surface area contributed by atoms with Crippen molar-refractivity contribution < 1.29 is 24.2 Å². The lowest BCUT2D eigenvalue weighted by molar-refractivity contribution is -0.140. The molecule has 2 aromatic rings. The maximum absolute atomic E-state index is 13.3. The van der Waals surface area contributed by atoms with Crippen LogP contribution in [0.3, 0.4) is 0 Å². The molecule has 0 spiro atoms. The number of ether oxygens (including phenoxy) is 1. The zero-order valence-corrected chi connectivity index (χ0v) is 20.3. The van der Waals surface area contributed by atoms with Crippen molar-refractivity contribution in [3.63, 3.8) is 0 Å². The zero-order chi connectivity index (χ0) is 24.9. The quantitative estimate of drug-likeness (QED) is 0.573. The first-order valence-electron chi connectivity index (χ1n) is 12.1. The lowest BCUT2D eigenvalue weighted by atomic mass is 9.98. The lowest BCUT2D eigenvalue weighted by Gasteiger charge is -2.29. The van der Waals surface area contributed by atoms with Gasteiger partial charge in [-0.1, -0.05) is 48.5 Å². The topological polar surface area (TPSA) is 99.2 Å². The summed E-state index contributed by atoms with van der Waals surface area (Å²) in [5.41, 5.74) is 4.54. The summed E-state index contributed by atoms with van der Waals surface area (Å²) in [5.74, 6) is -1.24. The molecule has 1 heterocycles. The highest BCUT2D eigenvalue weighted by Crippen LogP contribution is 2.44. The number of likely N-dealkylation sites (tertiary alicyclic amines) is 1. The largest absolute Gasteiger partial charge is 0.481 e. The number of amides is 2. The van der Waals surface area contributed by atoms with Gasteiger partial charge in [0.15, 0.2) is 0 Å². The average Bonchev–Trinajstić information content (AvgIpc) is 3.42. The Labute approximate surface area is 205 Å². The van der Waals surface area contributed by atoms with E-state index in [1.165, 1.54) is 0 Å². The summed E-state index contributed by atoms with van der Waals surface area (Å²) in [7, 11) is 3.80. The smallest absolute Gasteiger partial charge is 0.407 e. The average molecular weight is 480 g/mol. The van der Waals surface area contributed by atoms with Gasteiger partial charge in [0.1, 0.15) is 12.6 Å². The fourth-order valence-corrected chi connectivity index (χ4v) is 5.17. The van der Waals surface area contributed by atoms with Gasteiger partial charge >= 0.3 is 12.1 Å².